The zero-order chi connectivity index (χ0) is 12.7. The fraction of sp³-hybridized carbons (Fsp3) is 0.667. The molecule has 1 aliphatic rings. The average molecular weight is 270 g/mol. The molecule has 0 saturated heterocycles. The van der Waals surface area contributed by atoms with Gasteiger partial charge in [-0.2, -0.15) is 5.26 Å². The van der Waals surface area contributed by atoms with Crippen LogP contribution in [-0.4, -0.2) is 24.5 Å². The number of amides is 1. The number of nitrogens with one attached hydrogen (secondary N) is 1. The van der Waals surface area contributed by atoms with Gasteiger partial charge < -0.3 is 5.32 Å². The van der Waals surface area contributed by atoms with E-state index < -0.39 is 0 Å². The lowest BCUT2D eigenvalue weighted by molar-refractivity contribution is -0.118. The highest BCUT2D eigenvalue weighted by Crippen LogP contribution is 2.27. The van der Waals surface area contributed by atoms with E-state index in [4.69, 9.17) is 5.26 Å². The topological polar surface area (TPSA) is 52.9 Å². The number of thioether (sulfide) groups is 2. The van der Waals surface area contributed by atoms with Crippen molar-refractivity contribution in [3.63, 3.8) is 0 Å². The van der Waals surface area contributed by atoms with E-state index in [1.807, 2.05) is 18.6 Å². The van der Waals surface area contributed by atoms with E-state index in [0.717, 1.165) is 17.1 Å². The quantitative estimate of drug-likeness (QED) is 0.630. The van der Waals surface area contributed by atoms with E-state index in [-0.39, 0.29) is 17.5 Å². The van der Waals surface area contributed by atoms with Crippen molar-refractivity contribution in [2.24, 2.45) is 0 Å². The highest BCUT2D eigenvalue weighted by Gasteiger charge is 2.20. The molecule has 17 heavy (non-hydrogen) atoms. The minimum absolute atomic E-state index is 0.210. The maximum absolute atomic E-state index is 12.0. The molecule has 0 radical (unpaired) electrons. The van der Waals surface area contributed by atoms with Gasteiger partial charge in [0, 0.05) is 6.04 Å². The molecule has 0 aliphatic heterocycles. The van der Waals surface area contributed by atoms with Crippen LogP contribution < -0.4 is 5.32 Å². The molecule has 3 nitrogen and oxygen atoms in total. The monoisotopic (exact) mass is 270 g/mol. The molecule has 1 aliphatic carbocycles. The third-order valence-corrected chi connectivity index (χ3v) is 5.00. The lowest BCUT2D eigenvalue weighted by Gasteiger charge is -2.22. The molecule has 0 aromatic rings. The van der Waals surface area contributed by atoms with Gasteiger partial charge in [0.15, 0.2) is 0 Å². The van der Waals surface area contributed by atoms with Gasteiger partial charge in [-0.15, -0.1) is 23.5 Å². The zero-order valence-corrected chi connectivity index (χ0v) is 11.9. The third kappa shape index (κ3) is 4.29. The van der Waals surface area contributed by atoms with Crippen molar-refractivity contribution in [1.82, 2.24) is 5.32 Å². The molecule has 0 spiro atoms. The number of rotatable bonds is 4. The Hall–Kier alpha value is -0.600. The van der Waals surface area contributed by atoms with Gasteiger partial charge in [0.05, 0.1) is 4.24 Å². The molecular formula is C12H18N2OS2. The summed E-state index contributed by atoms with van der Waals surface area (Å²) in [6.07, 6.45) is 9.46. The number of hydrogen-bond donors (Lipinski definition) is 1. The Balaban J connectivity index is 2.67. The first-order valence-corrected chi connectivity index (χ1v) is 8.21. The standard InChI is InChI=1S/C12H18N2OS2/c1-16-12(17-2)10(8-13)11(15)14-9-6-4-3-5-7-9/h9H,3-7H2,1-2H3,(H,14,15). The van der Waals surface area contributed by atoms with Gasteiger partial charge >= 0.3 is 0 Å². The maximum Gasteiger partial charge on any atom is 0.263 e. The number of hydrogen-bond acceptors (Lipinski definition) is 4. The first kappa shape index (κ1) is 14.5. The fourth-order valence-electron chi connectivity index (χ4n) is 1.98. The summed E-state index contributed by atoms with van der Waals surface area (Å²) in [5.41, 5.74) is 0.260. The molecule has 0 aromatic heterocycles. The first-order valence-electron chi connectivity index (χ1n) is 5.76. The Morgan fingerprint density at radius 2 is 1.82 bits per heavy atom. The molecule has 1 N–H and O–H groups in total. The van der Waals surface area contributed by atoms with Crippen LogP contribution in [0, 0.1) is 11.3 Å². The van der Waals surface area contributed by atoms with Gasteiger partial charge in [-0.3, -0.25) is 4.79 Å². The SMILES string of the molecule is CSC(SC)=C(C#N)C(=O)NC1CCCCC1. The van der Waals surface area contributed by atoms with Crippen molar-refractivity contribution >= 4 is 29.4 Å². The number of carbonyl (C=O) groups excluding carboxylic acids is 1. The Morgan fingerprint density at radius 3 is 2.29 bits per heavy atom. The van der Waals surface area contributed by atoms with Crippen molar-refractivity contribution in [3.8, 4) is 6.07 Å². The van der Waals surface area contributed by atoms with Crippen LogP contribution in [0.25, 0.3) is 0 Å². The molecule has 0 bridgehead atoms. The van der Waals surface area contributed by atoms with Crippen molar-refractivity contribution in [2.75, 3.05) is 12.5 Å². The minimum Gasteiger partial charge on any atom is -0.349 e. The largest absolute Gasteiger partial charge is 0.349 e. The zero-order valence-electron chi connectivity index (χ0n) is 10.3. The van der Waals surface area contributed by atoms with Gasteiger partial charge in [-0.1, -0.05) is 19.3 Å². The van der Waals surface area contributed by atoms with Gasteiger partial charge in [0.1, 0.15) is 11.6 Å². The van der Waals surface area contributed by atoms with Crippen LogP contribution in [0.5, 0.6) is 0 Å². The van der Waals surface area contributed by atoms with Crippen molar-refractivity contribution in [3.05, 3.63) is 9.81 Å². The van der Waals surface area contributed by atoms with Crippen LogP contribution in [-0.2, 0) is 4.79 Å². The van der Waals surface area contributed by atoms with Crippen molar-refractivity contribution < 1.29 is 4.79 Å². The van der Waals surface area contributed by atoms with E-state index in [9.17, 15) is 4.79 Å². The summed E-state index contributed by atoms with van der Waals surface area (Å²) in [6.45, 7) is 0. The van der Waals surface area contributed by atoms with E-state index in [2.05, 4.69) is 5.32 Å². The molecular weight excluding hydrogens is 252 g/mol. The van der Waals surface area contributed by atoms with Crippen LogP contribution >= 0.6 is 23.5 Å². The molecule has 5 heteroatoms. The summed E-state index contributed by atoms with van der Waals surface area (Å²) in [5.74, 6) is -0.210. The van der Waals surface area contributed by atoms with Gasteiger partial charge in [0.25, 0.3) is 5.91 Å². The van der Waals surface area contributed by atoms with Gasteiger partial charge in [-0.05, 0) is 25.4 Å². The predicted octanol–water partition coefficient (Wildman–Crippen LogP) is 2.90. The van der Waals surface area contributed by atoms with Crippen LogP contribution in [0.4, 0.5) is 0 Å². The van der Waals surface area contributed by atoms with Crippen LogP contribution in [0.1, 0.15) is 32.1 Å². The van der Waals surface area contributed by atoms with Gasteiger partial charge in [0.2, 0.25) is 0 Å². The summed E-state index contributed by atoms with van der Waals surface area (Å²) >= 11 is 2.90. The molecule has 1 amide bonds. The summed E-state index contributed by atoms with van der Waals surface area (Å²) in [6, 6.07) is 2.27. The van der Waals surface area contributed by atoms with E-state index in [0.29, 0.717) is 0 Å². The second kappa shape index (κ2) is 7.67. The van der Waals surface area contributed by atoms with E-state index in [1.165, 1.54) is 42.8 Å². The molecule has 1 fully saturated rings. The van der Waals surface area contributed by atoms with Crippen LogP contribution in [0.3, 0.4) is 0 Å². The molecule has 0 heterocycles. The van der Waals surface area contributed by atoms with Crippen molar-refractivity contribution in [1.29, 1.82) is 5.26 Å². The Bertz CT molecular complexity index is 335. The van der Waals surface area contributed by atoms with Crippen LogP contribution in [0.15, 0.2) is 9.81 Å². The van der Waals surface area contributed by atoms with E-state index >= 15 is 0 Å². The lowest BCUT2D eigenvalue weighted by atomic mass is 9.95. The minimum atomic E-state index is -0.210. The number of carbonyl (C=O) groups is 1. The molecule has 0 unspecified atom stereocenters. The fourth-order valence-corrected chi connectivity index (χ4v) is 3.33. The first-order chi connectivity index (χ1) is 8.22. The lowest BCUT2D eigenvalue weighted by Crippen LogP contribution is -2.37. The van der Waals surface area contributed by atoms with Gasteiger partial charge in [-0.25, -0.2) is 0 Å². The highest BCUT2D eigenvalue weighted by molar-refractivity contribution is 8.21. The number of nitrogens with zero attached hydrogens (tertiary/aromatic N) is 1. The predicted molar refractivity (Wildman–Crippen MR) is 74.7 cm³/mol. The third-order valence-electron chi connectivity index (χ3n) is 2.85. The van der Waals surface area contributed by atoms with E-state index in [1.54, 1.807) is 0 Å². The highest BCUT2D eigenvalue weighted by atomic mass is 32.2. The second-order valence-corrected chi connectivity index (χ2v) is 5.88. The molecule has 94 valence electrons. The van der Waals surface area contributed by atoms with Crippen LogP contribution in [0.2, 0.25) is 0 Å². The van der Waals surface area contributed by atoms with Crippen molar-refractivity contribution in [2.45, 2.75) is 38.1 Å². The smallest absolute Gasteiger partial charge is 0.263 e. The summed E-state index contributed by atoms with van der Waals surface area (Å²) in [7, 11) is 0. The summed E-state index contributed by atoms with van der Waals surface area (Å²) in [4.78, 5) is 12.0. The summed E-state index contributed by atoms with van der Waals surface area (Å²) < 4.78 is 0.792. The molecule has 1 rings (SSSR count). The molecule has 0 aromatic carbocycles. The second-order valence-electron chi connectivity index (χ2n) is 3.99. The average Bonchev–Trinajstić information content (AvgIpc) is 2.36. The molecule has 0 atom stereocenters. The Morgan fingerprint density at radius 1 is 1.24 bits per heavy atom. The summed E-state index contributed by atoms with van der Waals surface area (Å²) in [5, 5.41) is 12.0. The normalized spacial score (nSPS) is 16.1. The molecule has 1 saturated carbocycles. The Kier molecular flexibility index (Phi) is 6.53. The number of nitriles is 1. The maximum atomic E-state index is 12.0. The Labute approximate surface area is 111 Å².